The number of hydrazone groups is 1. The zero-order valence-electron chi connectivity index (χ0n) is 19.1. The first-order valence-electron chi connectivity index (χ1n) is 10.8. The Hall–Kier alpha value is -4.79. The summed E-state index contributed by atoms with van der Waals surface area (Å²) in [4.78, 5) is 38.5. The Bertz CT molecular complexity index is 1460. The lowest BCUT2D eigenvalue weighted by atomic mass is 10.0. The van der Waals surface area contributed by atoms with E-state index in [-0.39, 0.29) is 5.69 Å². The molecule has 4 rings (SSSR count). The van der Waals surface area contributed by atoms with Gasteiger partial charge in [0.05, 0.1) is 18.2 Å². The summed E-state index contributed by atoms with van der Waals surface area (Å²) in [5.74, 6) is -0.508. The summed E-state index contributed by atoms with van der Waals surface area (Å²) in [7, 11) is 1.55. The van der Waals surface area contributed by atoms with Crippen LogP contribution >= 0.6 is 0 Å². The predicted molar refractivity (Wildman–Crippen MR) is 132 cm³/mol. The zero-order valence-corrected chi connectivity index (χ0v) is 19.1. The fourth-order valence-electron chi connectivity index (χ4n) is 3.63. The fourth-order valence-corrected chi connectivity index (χ4v) is 3.63. The summed E-state index contributed by atoms with van der Waals surface area (Å²) in [6.45, 7) is 1.73. The van der Waals surface area contributed by atoms with Gasteiger partial charge in [-0.2, -0.15) is 10.2 Å². The van der Waals surface area contributed by atoms with Crippen LogP contribution in [0, 0.1) is 0 Å². The van der Waals surface area contributed by atoms with Crippen molar-refractivity contribution in [2.75, 3.05) is 7.11 Å². The lowest BCUT2D eigenvalue weighted by Gasteiger charge is -2.18. The van der Waals surface area contributed by atoms with Crippen molar-refractivity contribution in [3.8, 4) is 5.75 Å². The number of rotatable bonds is 7. The van der Waals surface area contributed by atoms with Crippen molar-refractivity contribution in [1.29, 1.82) is 0 Å². The molecule has 4 aromatic rings. The number of nitrogens with one attached hydrogen (secondary N) is 3. The maximum atomic E-state index is 13.3. The average molecular weight is 470 g/mol. The molecule has 3 N–H and O–H groups in total. The topological polar surface area (TPSA) is 126 Å². The number of carbonyl (C=O) groups excluding carboxylic acids is 2. The molecule has 0 bridgehead atoms. The lowest BCUT2D eigenvalue weighted by Crippen LogP contribution is -2.40. The van der Waals surface area contributed by atoms with Crippen molar-refractivity contribution in [3.05, 3.63) is 106 Å². The Morgan fingerprint density at radius 3 is 2.34 bits per heavy atom. The van der Waals surface area contributed by atoms with Crippen LogP contribution < -0.4 is 21.0 Å². The molecule has 1 unspecified atom stereocenters. The number of carbonyl (C=O) groups is 2. The third kappa shape index (κ3) is 5.09. The third-order valence-corrected chi connectivity index (χ3v) is 5.40. The number of amides is 2. The van der Waals surface area contributed by atoms with Crippen LogP contribution in [-0.4, -0.2) is 34.8 Å². The largest absolute Gasteiger partial charge is 0.496 e. The van der Waals surface area contributed by atoms with Crippen molar-refractivity contribution >= 4 is 28.3 Å². The minimum Gasteiger partial charge on any atom is -0.496 e. The first-order chi connectivity index (χ1) is 17.0. The quantitative estimate of drug-likeness (QED) is 0.283. The fraction of sp³-hybridized carbons (Fsp3) is 0.115. The number of nitrogens with zero attached hydrogens (tertiary/aromatic N) is 2. The number of ether oxygens (including phenoxy) is 1. The van der Waals surface area contributed by atoms with E-state index in [4.69, 9.17) is 4.74 Å². The lowest BCUT2D eigenvalue weighted by molar-refractivity contribution is -0.123. The number of benzene rings is 3. The van der Waals surface area contributed by atoms with Gasteiger partial charge < -0.3 is 10.1 Å². The molecule has 1 atom stereocenters. The Morgan fingerprint density at radius 1 is 0.943 bits per heavy atom. The van der Waals surface area contributed by atoms with Crippen molar-refractivity contribution < 1.29 is 14.3 Å². The number of H-pyrrole nitrogens is 1. The van der Waals surface area contributed by atoms with Crippen molar-refractivity contribution in [2.24, 2.45) is 5.10 Å². The normalized spacial score (nSPS) is 12.1. The van der Waals surface area contributed by atoms with Crippen LogP contribution in [0.15, 0.2) is 88.8 Å². The summed E-state index contributed by atoms with van der Waals surface area (Å²) >= 11 is 0. The van der Waals surface area contributed by atoms with Crippen LogP contribution in [0.25, 0.3) is 10.8 Å². The van der Waals surface area contributed by atoms with Crippen molar-refractivity contribution in [2.45, 2.75) is 13.0 Å². The molecule has 0 spiro atoms. The second-order valence-corrected chi connectivity index (χ2v) is 7.63. The molecule has 1 aromatic heterocycles. The maximum Gasteiger partial charge on any atom is 0.272 e. The summed E-state index contributed by atoms with van der Waals surface area (Å²) in [5.41, 5.74) is 3.87. The summed E-state index contributed by atoms with van der Waals surface area (Å²) in [6.07, 6.45) is 0. The molecular weight excluding hydrogens is 446 g/mol. The van der Waals surface area contributed by atoms with Gasteiger partial charge in [-0.3, -0.25) is 14.4 Å². The molecule has 0 fully saturated rings. The number of hydrogen-bond acceptors (Lipinski definition) is 6. The molecule has 9 heteroatoms. The Balaban J connectivity index is 1.71. The van der Waals surface area contributed by atoms with E-state index in [1.807, 2.05) is 18.2 Å². The highest BCUT2D eigenvalue weighted by Crippen LogP contribution is 2.21. The molecule has 35 heavy (non-hydrogen) atoms. The van der Waals surface area contributed by atoms with Gasteiger partial charge in [-0.05, 0) is 37.3 Å². The van der Waals surface area contributed by atoms with Gasteiger partial charge in [0.2, 0.25) is 0 Å². The molecule has 0 radical (unpaired) electrons. The maximum absolute atomic E-state index is 13.3. The summed E-state index contributed by atoms with van der Waals surface area (Å²) in [6, 6.07) is 21.2. The minimum absolute atomic E-state index is 0.187. The van der Waals surface area contributed by atoms with E-state index in [9.17, 15) is 14.4 Å². The third-order valence-electron chi connectivity index (χ3n) is 5.40. The smallest absolute Gasteiger partial charge is 0.272 e. The van der Waals surface area contributed by atoms with E-state index in [0.717, 1.165) is 0 Å². The molecule has 0 aliphatic carbocycles. The Kier molecular flexibility index (Phi) is 6.96. The van der Waals surface area contributed by atoms with Crippen molar-refractivity contribution in [3.63, 3.8) is 0 Å². The highest BCUT2D eigenvalue weighted by Gasteiger charge is 2.27. The standard InChI is InChI=1S/C26H23N5O4/c1-16(18-12-8-9-15-21(18)35-2)28-31-26(34)23(27-24(32)17-10-4-3-5-11-17)22-19-13-6-7-14-20(19)25(33)30-29-22/h3-15,23H,1-2H3,(H,27,32)(H,30,33)(H,31,34). The second kappa shape index (κ2) is 10.4. The Morgan fingerprint density at radius 2 is 1.60 bits per heavy atom. The number of aromatic amines is 1. The highest BCUT2D eigenvalue weighted by atomic mass is 16.5. The van der Waals surface area contributed by atoms with E-state index in [2.05, 4.69) is 26.0 Å². The van der Waals surface area contributed by atoms with Crippen molar-refractivity contribution in [1.82, 2.24) is 20.9 Å². The van der Waals surface area contributed by atoms with Gasteiger partial charge in [0.15, 0.2) is 6.04 Å². The minimum atomic E-state index is -1.24. The van der Waals surface area contributed by atoms with Gasteiger partial charge in [0.25, 0.3) is 17.4 Å². The molecule has 3 aromatic carbocycles. The van der Waals surface area contributed by atoms with E-state index < -0.39 is 23.4 Å². The highest BCUT2D eigenvalue weighted by molar-refractivity contribution is 6.03. The number of aromatic nitrogens is 2. The van der Waals surface area contributed by atoms with Crippen LogP contribution in [0.1, 0.15) is 34.6 Å². The average Bonchev–Trinajstić information content (AvgIpc) is 2.91. The monoisotopic (exact) mass is 469 g/mol. The van der Waals surface area contributed by atoms with E-state index in [1.165, 1.54) is 0 Å². The molecule has 0 aliphatic heterocycles. The zero-order chi connectivity index (χ0) is 24.8. The van der Waals surface area contributed by atoms with Crippen LogP contribution in [0.5, 0.6) is 5.75 Å². The number of methoxy groups -OCH3 is 1. The number of hydrogen-bond donors (Lipinski definition) is 3. The SMILES string of the molecule is COc1ccccc1C(C)=NNC(=O)C(NC(=O)c1ccccc1)c1n[nH]c(=O)c2ccccc12. The number of fused-ring (bicyclic) bond motifs is 1. The molecule has 2 amide bonds. The van der Waals surface area contributed by atoms with Crippen LogP contribution in [0.3, 0.4) is 0 Å². The van der Waals surface area contributed by atoms with E-state index >= 15 is 0 Å². The first kappa shape index (κ1) is 23.4. The summed E-state index contributed by atoms with van der Waals surface area (Å²) in [5, 5.41) is 14.2. The van der Waals surface area contributed by atoms with Gasteiger partial charge >= 0.3 is 0 Å². The van der Waals surface area contributed by atoms with Gasteiger partial charge in [-0.15, -0.1) is 0 Å². The predicted octanol–water partition coefficient (Wildman–Crippen LogP) is 2.94. The number of para-hydroxylation sites is 1. The molecule has 0 saturated carbocycles. The summed E-state index contributed by atoms with van der Waals surface area (Å²) < 4.78 is 5.36. The van der Waals surface area contributed by atoms with Gasteiger partial charge in [0, 0.05) is 16.5 Å². The molecule has 1 heterocycles. The Labute approximate surface area is 200 Å². The first-order valence-corrected chi connectivity index (χ1v) is 10.8. The van der Waals surface area contributed by atoms with Gasteiger partial charge in [-0.1, -0.05) is 48.5 Å². The van der Waals surface area contributed by atoms with Crippen LogP contribution in [-0.2, 0) is 4.79 Å². The van der Waals surface area contributed by atoms with Crippen LogP contribution in [0.4, 0.5) is 0 Å². The van der Waals surface area contributed by atoms with E-state index in [1.54, 1.807) is 74.7 Å². The molecule has 9 nitrogen and oxygen atoms in total. The van der Waals surface area contributed by atoms with Gasteiger partial charge in [0.1, 0.15) is 11.4 Å². The second-order valence-electron chi connectivity index (χ2n) is 7.63. The van der Waals surface area contributed by atoms with Gasteiger partial charge in [-0.25, -0.2) is 10.5 Å². The van der Waals surface area contributed by atoms with E-state index in [0.29, 0.717) is 33.4 Å². The molecule has 176 valence electrons. The molecule has 0 aliphatic rings. The molecular formula is C26H23N5O4. The molecule has 0 saturated heterocycles. The van der Waals surface area contributed by atoms with Crippen LogP contribution in [0.2, 0.25) is 0 Å².